The molecule has 2 fully saturated rings. The Morgan fingerprint density at radius 2 is 2.03 bits per heavy atom. The average molecular weight is 418 g/mol. The molecule has 29 heavy (non-hydrogen) atoms. The van der Waals surface area contributed by atoms with Crippen molar-refractivity contribution < 1.29 is 9.59 Å². The van der Waals surface area contributed by atoms with E-state index in [1.54, 1.807) is 11.1 Å². The highest BCUT2D eigenvalue weighted by atomic mass is 35.5. The number of piperazine rings is 1. The Balaban J connectivity index is 0.00000240. The second-order valence-corrected chi connectivity index (χ2v) is 7.57. The molecular weight excluding hydrogens is 390 g/mol. The van der Waals surface area contributed by atoms with Gasteiger partial charge in [0.25, 0.3) is 0 Å². The summed E-state index contributed by atoms with van der Waals surface area (Å²) in [5.74, 6) is 0.637. The molecule has 2 atom stereocenters. The topological polar surface area (TPSA) is 70.5 Å². The Morgan fingerprint density at radius 3 is 2.69 bits per heavy atom. The van der Waals surface area contributed by atoms with E-state index < -0.39 is 0 Å². The van der Waals surface area contributed by atoms with Crippen molar-refractivity contribution in [1.29, 1.82) is 0 Å². The third-order valence-corrected chi connectivity index (χ3v) is 5.81. The molecule has 2 unspecified atom stereocenters. The van der Waals surface area contributed by atoms with Gasteiger partial charge in [0.15, 0.2) is 0 Å². The number of rotatable bonds is 4. The summed E-state index contributed by atoms with van der Waals surface area (Å²) in [5.41, 5.74) is 2.11. The lowest BCUT2D eigenvalue weighted by molar-refractivity contribution is -0.139. The molecule has 2 saturated heterocycles. The summed E-state index contributed by atoms with van der Waals surface area (Å²) in [6, 6.07) is 7.95. The van der Waals surface area contributed by atoms with Crippen LogP contribution in [-0.4, -0.2) is 52.4 Å². The normalized spacial score (nSPS) is 21.9. The summed E-state index contributed by atoms with van der Waals surface area (Å²) < 4.78 is 1.96. The van der Waals surface area contributed by atoms with Crippen molar-refractivity contribution >= 4 is 29.9 Å². The van der Waals surface area contributed by atoms with Gasteiger partial charge in [-0.05, 0) is 24.1 Å². The second-order valence-electron chi connectivity index (χ2n) is 7.57. The Kier molecular flexibility index (Phi) is 6.59. The minimum absolute atomic E-state index is 0. The Hall–Kier alpha value is -2.38. The van der Waals surface area contributed by atoms with E-state index in [0.29, 0.717) is 19.6 Å². The Labute approximate surface area is 177 Å². The van der Waals surface area contributed by atoms with Gasteiger partial charge in [-0.2, -0.15) is 0 Å². The predicted octanol–water partition coefficient (Wildman–Crippen LogP) is 1.93. The van der Waals surface area contributed by atoms with Gasteiger partial charge in [0.05, 0.1) is 5.92 Å². The average Bonchev–Trinajstić information content (AvgIpc) is 3.33. The molecule has 2 aromatic rings. The first-order chi connectivity index (χ1) is 13.6. The van der Waals surface area contributed by atoms with Gasteiger partial charge in [0.1, 0.15) is 11.9 Å². The molecule has 7 nitrogen and oxygen atoms in total. The predicted molar refractivity (Wildman–Crippen MR) is 114 cm³/mol. The van der Waals surface area contributed by atoms with Gasteiger partial charge in [0.2, 0.25) is 11.8 Å². The first-order valence-corrected chi connectivity index (χ1v) is 9.96. The van der Waals surface area contributed by atoms with Crippen LogP contribution in [0.25, 0.3) is 0 Å². The van der Waals surface area contributed by atoms with Gasteiger partial charge in [0, 0.05) is 57.7 Å². The number of aryl methyl sites for hydroxylation is 2. The Bertz CT molecular complexity index is 866. The van der Waals surface area contributed by atoms with Crippen LogP contribution >= 0.6 is 12.4 Å². The van der Waals surface area contributed by atoms with E-state index in [9.17, 15) is 9.59 Å². The zero-order valence-corrected chi connectivity index (χ0v) is 17.7. The number of imidazole rings is 1. The number of anilines is 1. The molecule has 0 radical (unpaired) electrons. The molecule has 2 amide bonds. The van der Waals surface area contributed by atoms with Crippen LogP contribution in [0, 0.1) is 5.92 Å². The molecule has 156 valence electrons. The lowest BCUT2D eigenvalue weighted by Crippen LogP contribution is -2.51. The van der Waals surface area contributed by atoms with Crippen LogP contribution in [0.3, 0.4) is 0 Å². The number of aromatic nitrogens is 2. The molecule has 1 N–H and O–H groups in total. The zero-order chi connectivity index (χ0) is 19.7. The number of hydrogen-bond donors (Lipinski definition) is 1. The van der Waals surface area contributed by atoms with Crippen molar-refractivity contribution in [1.82, 2.24) is 19.8 Å². The van der Waals surface area contributed by atoms with Gasteiger partial charge < -0.3 is 19.7 Å². The van der Waals surface area contributed by atoms with E-state index in [4.69, 9.17) is 0 Å². The van der Waals surface area contributed by atoms with E-state index in [1.807, 2.05) is 47.0 Å². The first-order valence-electron chi connectivity index (χ1n) is 9.96. The van der Waals surface area contributed by atoms with Crippen molar-refractivity contribution in [3.8, 4) is 0 Å². The SMILES string of the molecule is CCc1ccc(N2CC(C(=O)N3CCNCC3c3nccn3C)CC2=O)cc1.Cl. The number of carbonyl (C=O) groups excluding carboxylic acids is 2. The highest BCUT2D eigenvalue weighted by molar-refractivity contribution is 6.00. The lowest BCUT2D eigenvalue weighted by atomic mass is 10.0. The molecule has 1 aromatic carbocycles. The summed E-state index contributed by atoms with van der Waals surface area (Å²) in [4.78, 5) is 34.0. The van der Waals surface area contributed by atoms with Gasteiger partial charge in [-0.1, -0.05) is 19.1 Å². The molecular formula is C21H28ClN5O2. The first kappa shape index (κ1) is 21.3. The van der Waals surface area contributed by atoms with Gasteiger partial charge in [-0.25, -0.2) is 4.98 Å². The fourth-order valence-corrected chi connectivity index (χ4v) is 4.17. The van der Waals surface area contributed by atoms with Crippen LogP contribution in [0.5, 0.6) is 0 Å². The standard InChI is InChI=1S/C21H27N5O2.ClH/c1-3-15-4-6-17(7-5-15)26-14-16(12-19(26)27)21(28)25-11-8-22-13-18(25)20-23-9-10-24(20)2;/h4-7,9-10,16,18,22H,3,8,11-14H2,1-2H3;1H. The molecule has 0 spiro atoms. The molecule has 8 heteroatoms. The van der Waals surface area contributed by atoms with E-state index in [-0.39, 0.29) is 42.6 Å². The minimum atomic E-state index is -0.306. The number of nitrogens with one attached hydrogen (secondary N) is 1. The van der Waals surface area contributed by atoms with Crippen molar-refractivity contribution in [2.24, 2.45) is 13.0 Å². The molecule has 2 aliphatic heterocycles. The van der Waals surface area contributed by atoms with Gasteiger partial charge in [-0.3, -0.25) is 9.59 Å². The van der Waals surface area contributed by atoms with Gasteiger partial charge >= 0.3 is 0 Å². The van der Waals surface area contributed by atoms with Crippen molar-refractivity contribution in [2.45, 2.75) is 25.8 Å². The summed E-state index contributed by atoms with van der Waals surface area (Å²) in [7, 11) is 1.94. The molecule has 3 heterocycles. The largest absolute Gasteiger partial charge is 0.336 e. The smallest absolute Gasteiger partial charge is 0.228 e. The third-order valence-electron chi connectivity index (χ3n) is 5.81. The number of benzene rings is 1. The second kappa shape index (κ2) is 8.97. The summed E-state index contributed by atoms with van der Waals surface area (Å²) in [6.45, 7) is 4.62. The highest BCUT2D eigenvalue weighted by Crippen LogP contribution is 2.30. The van der Waals surface area contributed by atoms with Crippen LogP contribution in [-0.2, 0) is 23.1 Å². The summed E-state index contributed by atoms with van der Waals surface area (Å²) in [6.07, 6.45) is 4.89. The lowest BCUT2D eigenvalue weighted by Gasteiger charge is -2.37. The van der Waals surface area contributed by atoms with Crippen molar-refractivity contribution in [2.75, 3.05) is 31.1 Å². The van der Waals surface area contributed by atoms with Gasteiger partial charge in [-0.15, -0.1) is 12.4 Å². The molecule has 2 aliphatic rings. The van der Waals surface area contributed by atoms with Crippen LogP contribution in [0.2, 0.25) is 0 Å². The zero-order valence-electron chi connectivity index (χ0n) is 16.9. The quantitative estimate of drug-likeness (QED) is 0.825. The fraction of sp³-hybridized carbons (Fsp3) is 0.476. The molecule has 0 aliphatic carbocycles. The van der Waals surface area contributed by atoms with Crippen LogP contribution in [0.15, 0.2) is 36.7 Å². The number of hydrogen-bond acceptors (Lipinski definition) is 4. The van der Waals surface area contributed by atoms with Crippen LogP contribution in [0.1, 0.15) is 30.8 Å². The van der Waals surface area contributed by atoms with Crippen molar-refractivity contribution in [3.63, 3.8) is 0 Å². The van der Waals surface area contributed by atoms with Crippen LogP contribution < -0.4 is 10.2 Å². The molecule has 4 rings (SSSR count). The molecule has 0 bridgehead atoms. The number of amides is 2. The highest BCUT2D eigenvalue weighted by Gasteiger charge is 2.40. The summed E-state index contributed by atoms with van der Waals surface area (Å²) in [5, 5.41) is 3.36. The monoisotopic (exact) mass is 417 g/mol. The van der Waals surface area contributed by atoms with E-state index in [2.05, 4.69) is 17.2 Å². The fourth-order valence-electron chi connectivity index (χ4n) is 4.17. The van der Waals surface area contributed by atoms with Crippen molar-refractivity contribution in [3.05, 3.63) is 48.0 Å². The number of carbonyl (C=O) groups is 2. The maximum atomic E-state index is 13.3. The summed E-state index contributed by atoms with van der Waals surface area (Å²) >= 11 is 0. The maximum Gasteiger partial charge on any atom is 0.228 e. The number of nitrogens with zero attached hydrogens (tertiary/aromatic N) is 4. The number of halogens is 1. The maximum absolute atomic E-state index is 13.3. The minimum Gasteiger partial charge on any atom is -0.336 e. The molecule has 1 aromatic heterocycles. The van der Waals surface area contributed by atoms with E-state index >= 15 is 0 Å². The molecule has 0 saturated carbocycles. The van der Waals surface area contributed by atoms with E-state index in [0.717, 1.165) is 24.5 Å². The third kappa shape index (κ3) is 4.16. The van der Waals surface area contributed by atoms with E-state index in [1.165, 1.54) is 5.56 Å². The van der Waals surface area contributed by atoms with Crippen LogP contribution in [0.4, 0.5) is 5.69 Å². The Morgan fingerprint density at radius 1 is 1.28 bits per heavy atom.